The van der Waals surface area contributed by atoms with Gasteiger partial charge >= 0.3 is 8.56 Å². The van der Waals surface area contributed by atoms with E-state index in [0.29, 0.717) is 0 Å². The van der Waals surface area contributed by atoms with Crippen LogP contribution in [0.15, 0.2) is 48.5 Å². The molecule has 0 aliphatic carbocycles. The third-order valence-electron chi connectivity index (χ3n) is 3.08. The summed E-state index contributed by atoms with van der Waals surface area (Å²) in [6.45, 7) is 6.20. The van der Waals surface area contributed by atoms with Gasteiger partial charge in [-0.05, 0) is 36.2 Å². The van der Waals surface area contributed by atoms with E-state index in [1.807, 2.05) is 49.5 Å². The predicted molar refractivity (Wildman–Crippen MR) is 87.6 cm³/mol. The summed E-state index contributed by atoms with van der Waals surface area (Å²) >= 11 is 0. The molecule has 2 aromatic carbocycles. The zero-order chi connectivity index (χ0) is 15.3. The normalized spacial score (nSPS) is 11.0. The van der Waals surface area contributed by atoms with Gasteiger partial charge < -0.3 is 13.6 Å². The first-order chi connectivity index (χ1) is 10.0. The Morgan fingerprint density at radius 2 is 1.43 bits per heavy atom. The molecule has 0 bridgehead atoms. The van der Waals surface area contributed by atoms with Crippen molar-refractivity contribution in [2.75, 3.05) is 7.11 Å². The van der Waals surface area contributed by atoms with Gasteiger partial charge in [0.05, 0.1) is 7.11 Å². The minimum Gasteiger partial charge on any atom is -0.512 e. The van der Waals surface area contributed by atoms with Crippen molar-refractivity contribution < 1.29 is 13.6 Å². The average molecular weight is 302 g/mol. The number of ether oxygens (including phenoxy) is 1. The second-order valence-electron chi connectivity index (χ2n) is 5.28. The number of hydrogen-bond donors (Lipinski definition) is 0. The smallest absolute Gasteiger partial charge is 0.454 e. The van der Waals surface area contributed by atoms with Crippen LogP contribution in [0.4, 0.5) is 0 Å². The van der Waals surface area contributed by atoms with E-state index in [4.69, 9.17) is 13.6 Å². The van der Waals surface area contributed by atoms with E-state index in [2.05, 4.69) is 19.1 Å². The van der Waals surface area contributed by atoms with Crippen molar-refractivity contribution in [2.45, 2.75) is 26.4 Å². The molecule has 0 heterocycles. The molecule has 21 heavy (non-hydrogen) atoms. The molecule has 112 valence electrons. The first kappa shape index (κ1) is 15.4. The van der Waals surface area contributed by atoms with Crippen LogP contribution in [0.1, 0.15) is 12.5 Å². The van der Waals surface area contributed by atoms with Gasteiger partial charge in [0.25, 0.3) is 0 Å². The summed E-state index contributed by atoms with van der Waals surface area (Å²) in [5.41, 5.74) is 1.26. The second kappa shape index (κ2) is 6.67. The molecule has 0 radical (unpaired) electrons. The van der Waals surface area contributed by atoms with Crippen LogP contribution in [0.25, 0.3) is 0 Å². The summed E-state index contributed by atoms with van der Waals surface area (Å²) in [6, 6.07) is 15.8. The third kappa shape index (κ3) is 4.53. The van der Waals surface area contributed by atoms with E-state index < -0.39 is 8.56 Å². The number of benzene rings is 2. The Morgan fingerprint density at radius 1 is 0.857 bits per heavy atom. The Balaban J connectivity index is 2.10. The molecule has 2 aromatic rings. The Kier molecular flexibility index (Phi) is 4.91. The van der Waals surface area contributed by atoms with Crippen molar-refractivity contribution in [3.05, 3.63) is 54.1 Å². The molecule has 0 spiro atoms. The Bertz CT molecular complexity index is 545. The first-order valence-electron chi connectivity index (χ1n) is 7.13. The molecular formula is C17H22O3Si. The summed E-state index contributed by atoms with van der Waals surface area (Å²) in [5.74, 6) is 2.43. The van der Waals surface area contributed by atoms with Crippen molar-refractivity contribution in [1.29, 1.82) is 0 Å². The maximum absolute atomic E-state index is 6.10. The maximum Gasteiger partial charge on any atom is 0.454 e. The van der Waals surface area contributed by atoms with Crippen LogP contribution in [0.2, 0.25) is 13.1 Å². The van der Waals surface area contributed by atoms with Gasteiger partial charge in [0, 0.05) is 19.2 Å². The number of hydrogen-bond acceptors (Lipinski definition) is 3. The lowest BCUT2D eigenvalue weighted by molar-refractivity contribution is 0.390. The number of aryl methyl sites for hydroxylation is 1. The Morgan fingerprint density at radius 3 is 2.05 bits per heavy atom. The van der Waals surface area contributed by atoms with Gasteiger partial charge in [0.2, 0.25) is 0 Å². The summed E-state index contributed by atoms with van der Waals surface area (Å²) in [4.78, 5) is 0. The second-order valence-corrected chi connectivity index (χ2v) is 8.49. The van der Waals surface area contributed by atoms with E-state index in [0.717, 1.165) is 23.7 Å². The summed E-state index contributed by atoms with van der Waals surface area (Å²) in [6.07, 6.45) is 0.996. The van der Waals surface area contributed by atoms with Crippen LogP contribution in [0, 0.1) is 0 Å². The molecule has 2 rings (SSSR count). The van der Waals surface area contributed by atoms with Gasteiger partial charge in [-0.15, -0.1) is 0 Å². The molecule has 0 N–H and O–H groups in total. The van der Waals surface area contributed by atoms with Gasteiger partial charge in [-0.3, -0.25) is 0 Å². The van der Waals surface area contributed by atoms with Crippen LogP contribution < -0.4 is 13.6 Å². The molecule has 0 aliphatic rings. The van der Waals surface area contributed by atoms with E-state index in [-0.39, 0.29) is 0 Å². The lowest BCUT2D eigenvalue weighted by atomic mass is 10.2. The Labute approximate surface area is 127 Å². The van der Waals surface area contributed by atoms with Crippen LogP contribution in [-0.2, 0) is 6.42 Å². The standard InChI is InChI=1S/C17H22O3Si/c1-5-14-8-6-10-16(12-14)19-21(3,4)20-17-11-7-9-15(13-17)18-2/h6-13H,5H2,1-4H3. The monoisotopic (exact) mass is 302 g/mol. The molecule has 0 amide bonds. The van der Waals surface area contributed by atoms with Gasteiger partial charge in [-0.25, -0.2) is 0 Å². The van der Waals surface area contributed by atoms with Crippen molar-refractivity contribution in [3.8, 4) is 17.2 Å². The molecule has 0 saturated heterocycles. The van der Waals surface area contributed by atoms with Crippen molar-refractivity contribution >= 4 is 8.56 Å². The minimum atomic E-state index is -2.31. The van der Waals surface area contributed by atoms with E-state index in [1.165, 1.54) is 5.56 Å². The number of methoxy groups -OCH3 is 1. The molecule has 0 atom stereocenters. The highest BCUT2D eigenvalue weighted by molar-refractivity contribution is 6.66. The zero-order valence-electron chi connectivity index (χ0n) is 13.1. The van der Waals surface area contributed by atoms with E-state index >= 15 is 0 Å². The largest absolute Gasteiger partial charge is 0.512 e. The van der Waals surface area contributed by atoms with E-state index in [9.17, 15) is 0 Å². The molecule has 4 heteroatoms. The molecule has 0 aliphatic heterocycles. The van der Waals surface area contributed by atoms with E-state index in [1.54, 1.807) is 7.11 Å². The lowest BCUT2D eigenvalue weighted by Gasteiger charge is -2.25. The number of rotatable bonds is 6. The molecule has 0 aromatic heterocycles. The topological polar surface area (TPSA) is 27.7 Å². The summed E-state index contributed by atoms with van der Waals surface area (Å²) < 4.78 is 17.4. The fraction of sp³-hybridized carbons (Fsp3) is 0.294. The van der Waals surface area contributed by atoms with Crippen molar-refractivity contribution in [3.63, 3.8) is 0 Å². The summed E-state index contributed by atoms with van der Waals surface area (Å²) in [7, 11) is -0.665. The fourth-order valence-corrected chi connectivity index (χ4v) is 3.51. The third-order valence-corrected chi connectivity index (χ3v) is 4.53. The molecule has 0 unspecified atom stereocenters. The van der Waals surface area contributed by atoms with Gasteiger partial charge in [0.1, 0.15) is 17.2 Å². The zero-order valence-corrected chi connectivity index (χ0v) is 14.1. The average Bonchev–Trinajstić information content (AvgIpc) is 2.46. The highest BCUT2D eigenvalue weighted by Gasteiger charge is 2.29. The lowest BCUT2D eigenvalue weighted by Crippen LogP contribution is -2.41. The SMILES string of the molecule is CCc1cccc(O[Si](C)(C)Oc2cccc(OC)c2)c1. The first-order valence-corrected chi connectivity index (χ1v) is 9.95. The van der Waals surface area contributed by atoms with Gasteiger partial charge in [-0.1, -0.05) is 25.1 Å². The molecule has 0 fully saturated rings. The van der Waals surface area contributed by atoms with Gasteiger partial charge in [-0.2, -0.15) is 0 Å². The Hall–Kier alpha value is -1.94. The molecule has 0 saturated carbocycles. The predicted octanol–water partition coefficient (Wildman–Crippen LogP) is 4.42. The van der Waals surface area contributed by atoms with Crippen LogP contribution >= 0.6 is 0 Å². The highest BCUT2D eigenvalue weighted by Crippen LogP contribution is 2.24. The van der Waals surface area contributed by atoms with Crippen LogP contribution in [0.3, 0.4) is 0 Å². The maximum atomic E-state index is 6.10. The van der Waals surface area contributed by atoms with Gasteiger partial charge in [0.15, 0.2) is 0 Å². The van der Waals surface area contributed by atoms with Crippen LogP contribution in [-0.4, -0.2) is 15.7 Å². The highest BCUT2D eigenvalue weighted by atomic mass is 28.4. The van der Waals surface area contributed by atoms with Crippen molar-refractivity contribution in [2.24, 2.45) is 0 Å². The van der Waals surface area contributed by atoms with Crippen LogP contribution in [0.5, 0.6) is 17.2 Å². The molecule has 3 nitrogen and oxygen atoms in total. The van der Waals surface area contributed by atoms with Crippen molar-refractivity contribution in [1.82, 2.24) is 0 Å². The minimum absolute atomic E-state index is 0.776. The summed E-state index contributed by atoms with van der Waals surface area (Å²) in [5, 5.41) is 0. The molecular weight excluding hydrogens is 280 g/mol. The quantitative estimate of drug-likeness (QED) is 0.739. The fourth-order valence-electron chi connectivity index (χ4n) is 2.08.